The van der Waals surface area contributed by atoms with Gasteiger partial charge in [0.2, 0.25) is 5.65 Å². The molecular formula is C18H15N3O2. The molecule has 0 aliphatic rings. The number of fused-ring (bicyclic) bond motifs is 3. The number of benzene rings is 2. The molecule has 2 heterocycles. The van der Waals surface area contributed by atoms with Crippen LogP contribution >= 0.6 is 0 Å². The van der Waals surface area contributed by atoms with Crippen molar-refractivity contribution in [1.29, 1.82) is 0 Å². The maximum Gasteiger partial charge on any atom is 0.258 e. The van der Waals surface area contributed by atoms with Crippen molar-refractivity contribution >= 4 is 16.7 Å². The third-order valence-electron chi connectivity index (χ3n) is 3.82. The molecular weight excluding hydrogens is 290 g/mol. The van der Waals surface area contributed by atoms with E-state index in [0.29, 0.717) is 11.5 Å². The number of para-hydroxylation sites is 2. The molecule has 0 bridgehead atoms. The van der Waals surface area contributed by atoms with Gasteiger partial charge in [-0.3, -0.25) is 4.40 Å². The van der Waals surface area contributed by atoms with E-state index < -0.39 is 0 Å². The van der Waals surface area contributed by atoms with Crippen molar-refractivity contribution in [3.05, 3.63) is 54.7 Å². The number of rotatable bonds is 3. The summed E-state index contributed by atoms with van der Waals surface area (Å²) in [5.74, 6) is 1.31. The summed E-state index contributed by atoms with van der Waals surface area (Å²) < 4.78 is 12.7. The van der Waals surface area contributed by atoms with Crippen molar-refractivity contribution in [3.63, 3.8) is 0 Å². The molecule has 0 aliphatic heterocycles. The first-order valence-corrected chi connectivity index (χ1v) is 7.26. The van der Waals surface area contributed by atoms with Gasteiger partial charge in [-0.15, -0.1) is 0 Å². The maximum atomic E-state index is 5.41. The predicted molar refractivity (Wildman–Crippen MR) is 89.0 cm³/mol. The molecule has 4 rings (SSSR count). The molecule has 2 aromatic heterocycles. The number of hydrogen-bond acceptors (Lipinski definition) is 4. The Labute approximate surface area is 133 Å². The smallest absolute Gasteiger partial charge is 0.258 e. The van der Waals surface area contributed by atoms with E-state index in [2.05, 4.69) is 4.98 Å². The van der Waals surface area contributed by atoms with Crippen molar-refractivity contribution in [2.45, 2.75) is 0 Å². The number of nitrogens with zero attached hydrogens (tertiary/aromatic N) is 3. The van der Waals surface area contributed by atoms with E-state index in [4.69, 9.17) is 14.5 Å². The van der Waals surface area contributed by atoms with Gasteiger partial charge in [0.25, 0.3) is 5.88 Å². The maximum absolute atomic E-state index is 5.41. The first-order chi connectivity index (χ1) is 11.3. The van der Waals surface area contributed by atoms with E-state index >= 15 is 0 Å². The molecule has 5 nitrogen and oxygen atoms in total. The van der Waals surface area contributed by atoms with Gasteiger partial charge in [-0.25, -0.2) is 9.97 Å². The van der Waals surface area contributed by atoms with Gasteiger partial charge in [0, 0.05) is 11.8 Å². The van der Waals surface area contributed by atoms with Gasteiger partial charge in [-0.1, -0.05) is 24.3 Å². The van der Waals surface area contributed by atoms with Crippen LogP contribution in [-0.4, -0.2) is 28.6 Å². The summed E-state index contributed by atoms with van der Waals surface area (Å²) in [6.07, 6.45) is 2.00. The quantitative estimate of drug-likeness (QED) is 0.580. The largest absolute Gasteiger partial charge is 0.497 e. The minimum atomic E-state index is 0.512. The van der Waals surface area contributed by atoms with Crippen LogP contribution in [0.15, 0.2) is 54.7 Å². The van der Waals surface area contributed by atoms with Crippen LogP contribution < -0.4 is 9.47 Å². The summed E-state index contributed by atoms with van der Waals surface area (Å²) in [5.41, 5.74) is 4.39. The molecule has 0 amide bonds. The fourth-order valence-electron chi connectivity index (χ4n) is 2.69. The zero-order valence-corrected chi connectivity index (χ0v) is 12.9. The Balaban J connectivity index is 2.01. The Bertz CT molecular complexity index is 1010. The van der Waals surface area contributed by atoms with E-state index in [-0.39, 0.29) is 0 Å². The molecule has 0 saturated heterocycles. The van der Waals surface area contributed by atoms with Gasteiger partial charge in [0.15, 0.2) is 0 Å². The van der Waals surface area contributed by atoms with Crippen LogP contribution in [-0.2, 0) is 0 Å². The fraction of sp³-hybridized carbons (Fsp3) is 0.111. The van der Waals surface area contributed by atoms with Crippen molar-refractivity contribution in [3.8, 4) is 22.9 Å². The zero-order valence-electron chi connectivity index (χ0n) is 12.9. The van der Waals surface area contributed by atoms with Crippen LogP contribution in [0.4, 0.5) is 0 Å². The molecule has 0 unspecified atom stereocenters. The monoisotopic (exact) mass is 305 g/mol. The molecule has 0 spiro atoms. The van der Waals surface area contributed by atoms with E-state index in [0.717, 1.165) is 28.0 Å². The van der Waals surface area contributed by atoms with Crippen LogP contribution in [0.2, 0.25) is 0 Å². The van der Waals surface area contributed by atoms with Crippen LogP contribution in [0.5, 0.6) is 11.6 Å². The Hall–Kier alpha value is -3.08. The van der Waals surface area contributed by atoms with Crippen LogP contribution in [0, 0.1) is 0 Å². The molecule has 0 radical (unpaired) electrons. The average molecular weight is 305 g/mol. The van der Waals surface area contributed by atoms with Gasteiger partial charge in [0.05, 0.1) is 30.9 Å². The Morgan fingerprint density at radius 3 is 2.61 bits per heavy atom. The minimum absolute atomic E-state index is 0.512. The topological polar surface area (TPSA) is 48.7 Å². The Morgan fingerprint density at radius 2 is 1.78 bits per heavy atom. The van der Waals surface area contributed by atoms with Crippen molar-refractivity contribution in [2.75, 3.05) is 14.2 Å². The highest BCUT2D eigenvalue weighted by molar-refractivity contribution is 5.81. The minimum Gasteiger partial charge on any atom is -0.497 e. The molecule has 0 atom stereocenters. The van der Waals surface area contributed by atoms with Gasteiger partial charge in [-0.2, -0.15) is 0 Å². The number of ether oxygens (including phenoxy) is 2. The summed E-state index contributed by atoms with van der Waals surface area (Å²) in [5, 5.41) is 0. The lowest BCUT2D eigenvalue weighted by molar-refractivity contribution is 0.402. The Kier molecular flexibility index (Phi) is 3.12. The number of imidazole rings is 1. The van der Waals surface area contributed by atoms with E-state index in [1.807, 2.05) is 59.1 Å². The summed E-state index contributed by atoms with van der Waals surface area (Å²) in [6.45, 7) is 0. The van der Waals surface area contributed by atoms with E-state index in [1.54, 1.807) is 14.2 Å². The molecule has 0 saturated carbocycles. The van der Waals surface area contributed by atoms with Crippen molar-refractivity contribution in [1.82, 2.24) is 14.4 Å². The second-order valence-corrected chi connectivity index (χ2v) is 5.16. The molecule has 2 aromatic carbocycles. The molecule has 5 heteroatoms. The van der Waals surface area contributed by atoms with E-state index in [1.165, 1.54) is 0 Å². The predicted octanol–water partition coefficient (Wildman–Crippen LogP) is 3.57. The number of aromatic nitrogens is 3. The normalized spacial score (nSPS) is 11.0. The first kappa shape index (κ1) is 13.6. The van der Waals surface area contributed by atoms with Crippen LogP contribution in [0.25, 0.3) is 27.9 Å². The summed E-state index contributed by atoms with van der Waals surface area (Å²) >= 11 is 0. The van der Waals surface area contributed by atoms with Crippen LogP contribution in [0.3, 0.4) is 0 Å². The van der Waals surface area contributed by atoms with Crippen molar-refractivity contribution in [2.24, 2.45) is 0 Å². The van der Waals surface area contributed by atoms with E-state index in [9.17, 15) is 0 Å². The molecule has 114 valence electrons. The third kappa shape index (κ3) is 2.17. The lowest BCUT2D eigenvalue weighted by Crippen LogP contribution is -1.96. The second-order valence-electron chi connectivity index (χ2n) is 5.16. The third-order valence-corrected chi connectivity index (χ3v) is 3.82. The lowest BCUT2D eigenvalue weighted by atomic mass is 10.1. The fourth-order valence-corrected chi connectivity index (χ4v) is 2.69. The summed E-state index contributed by atoms with van der Waals surface area (Å²) in [7, 11) is 3.26. The summed E-state index contributed by atoms with van der Waals surface area (Å²) in [4.78, 5) is 9.23. The average Bonchev–Trinajstić information content (AvgIpc) is 3.06. The highest BCUT2D eigenvalue weighted by Gasteiger charge is 2.13. The van der Waals surface area contributed by atoms with Crippen molar-refractivity contribution < 1.29 is 9.47 Å². The summed E-state index contributed by atoms with van der Waals surface area (Å²) in [6, 6.07) is 15.8. The highest BCUT2D eigenvalue weighted by Crippen LogP contribution is 2.28. The van der Waals surface area contributed by atoms with Gasteiger partial charge in [0.1, 0.15) is 5.75 Å². The van der Waals surface area contributed by atoms with Crippen LogP contribution in [0.1, 0.15) is 0 Å². The molecule has 0 aliphatic carbocycles. The second kappa shape index (κ2) is 5.28. The van der Waals surface area contributed by atoms with Gasteiger partial charge >= 0.3 is 0 Å². The first-order valence-electron chi connectivity index (χ1n) is 7.26. The molecule has 4 aromatic rings. The number of methoxy groups -OCH3 is 2. The highest BCUT2D eigenvalue weighted by atomic mass is 16.5. The SMILES string of the molecule is COc1cccc(-c2cn3c(n2)c(OC)nc2ccccc23)c1. The zero-order chi connectivity index (χ0) is 15.8. The Morgan fingerprint density at radius 1 is 0.913 bits per heavy atom. The standard InChI is InChI=1S/C18H15N3O2/c1-22-13-7-5-6-12(10-13)15-11-21-16-9-4-3-8-14(16)20-18(23-2)17(21)19-15/h3-11H,1-2H3. The number of hydrogen-bond donors (Lipinski definition) is 0. The lowest BCUT2D eigenvalue weighted by Gasteiger charge is -2.04. The molecule has 0 fully saturated rings. The molecule has 23 heavy (non-hydrogen) atoms. The van der Waals surface area contributed by atoms with Gasteiger partial charge < -0.3 is 9.47 Å². The van der Waals surface area contributed by atoms with Gasteiger partial charge in [-0.05, 0) is 24.3 Å². The molecule has 0 N–H and O–H groups in total.